The van der Waals surface area contributed by atoms with Gasteiger partial charge in [-0.3, -0.25) is 4.79 Å². The quantitative estimate of drug-likeness (QED) is 0.789. The van der Waals surface area contributed by atoms with E-state index in [1.54, 1.807) is 16.8 Å². The first-order chi connectivity index (χ1) is 9.11. The van der Waals surface area contributed by atoms with Gasteiger partial charge in [0.2, 0.25) is 0 Å². The number of carbonyl (C=O) groups is 1. The van der Waals surface area contributed by atoms with Crippen molar-refractivity contribution in [3.63, 3.8) is 0 Å². The highest BCUT2D eigenvalue weighted by molar-refractivity contribution is 6.34. The maximum Gasteiger partial charge on any atom is 0.171 e. The van der Waals surface area contributed by atoms with Crippen LogP contribution in [0.1, 0.15) is 35.1 Å². The number of hydrogen-bond donors (Lipinski definition) is 0. The van der Waals surface area contributed by atoms with Crippen LogP contribution in [0.25, 0.3) is 0 Å². The molecule has 19 heavy (non-hydrogen) atoms. The molecule has 5 heteroatoms. The number of carbonyl (C=O) groups excluding carboxylic acids is 1. The second-order valence-electron chi connectivity index (χ2n) is 4.48. The Morgan fingerprint density at radius 3 is 2.89 bits per heavy atom. The Morgan fingerprint density at radius 2 is 2.21 bits per heavy atom. The topological polar surface area (TPSA) is 47.8 Å². The number of aryl methyl sites for hydroxylation is 2. The van der Waals surface area contributed by atoms with Crippen molar-refractivity contribution in [3.05, 3.63) is 46.5 Å². The summed E-state index contributed by atoms with van der Waals surface area (Å²) in [4.78, 5) is 16.4. The molecule has 0 bridgehead atoms. The van der Waals surface area contributed by atoms with Gasteiger partial charge >= 0.3 is 0 Å². The van der Waals surface area contributed by atoms with E-state index in [0.29, 0.717) is 16.4 Å². The van der Waals surface area contributed by atoms with E-state index in [1.165, 1.54) is 6.33 Å². The largest absolute Gasteiger partial charge is 0.294 e. The molecule has 0 saturated carbocycles. The smallest absolute Gasteiger partial charge is 0.171 e. The molecular formula is C14H16ClN3O. The van der Waals surface area contributed by atoms with Gasteiger partial charge in [0.05, 0.1) is 11.4 Å². The van der Waals surface area contributed by atoms with Crippen LogP contribution in [0.2, 0.25) is 5.02 Å². The summed E-state index contributed by atoms with van der Waals surface area (Å²) in [6.07, 6.45) is 2.66. The van der Waals surface area contributed by atoms with Crippen LogP contribution in [0.4, 0.5) is 0 Å². The SMILES string of the molecule is CCCn1ncnc1CC(=O)c1ccc(C)cc1Cl. The molecule has 0 unspecified atom stereocenters. The first-order valence-corrected chi connectivity index (χ1v) is 6.65. The lowest BCUT2D eigenvalue weighted by molar-refractivity contribution is 0.0989. The number of benzene rings is 1. The molecule has 0 fully saturated rings. The molecule has 0 N–H and O–H groups in total. The molecule has 0 radical (unpaired) electrons. The number of hydrogen-bond acceptors (Lipinski definition) is 3. The third-order valence-electron chi connectivity index (χ3n) is 2.87. The van der Waals surface area contributed by atoms with Gasteiger partial charge in [-0.15, -0.1) is 0 Å². The minimum Gasteiger partial charge on any atom is -0.294 e. The Balaban J connectivity index is 2.18. The number of nitrogens with zero attached hydrogens (tertiary/aromatic N) is 3. The van der Waals surface area contributed by atoms with Crippen molar-refractivity contribution in [2.75, 3.05) is 0 Å². The van der Waals surface area contributed by atoms with E-state index in [9.17, 15) is 4.79 Å². The Kier molecular flexibility index (Phi) is 4.32. The van der Waals surface area contributed by atoms with E-state index in [2.05, 4.69) is 17.0 Å². The minimum atomic E-state index is -0.0321. The molecule has 0 spiro atoms. The molecule has 0 saturated heterocycles. The van der Waals surface area contributed by atoms with Crippen molar-refractivity contribution in [1.82, 2.24) is 14.8 Å². The lowest BCUT2D eigenvalue weighted by Gasteiger charge is -2.06. The molecule has 0 amide bonds. The van der Waals surface area contributed by atoms with E-state index in [1.807, 2.05) is 13.0 Å². The molecule has 1 aromatic heterocycles. The summed E-state index contributed by atoms with van der Waals surface area (Å²) >= 11 is 6.10. The standard InChI is InChI=1S/C14H16ClN3O/c1-3-6-18-14(16-9-17-18)8-13(19)11-5-4-10(2)7-12(11)15/h4-5,7,9H,3,6,8H2,1-2H3. The van der Waals surface area contributed by atoms with Crippen molar-refractivity contribution < 1.29 is 4.79 Å². The van der Waals surface area contributed by atoms with Gasteiger partial charge in [0.1, 0.15) is 12.2 Å². The van der Waals surface area contributed by atoms with Crippen molar-refractivity contribution in [2.45, 2.75) is 33.2 Å². The van der Waals surface area contributed by atoms with Crippen LogP contribution >= 0.6 is 11.6 Å². The molecule has 1 heterocycles. The van der Waals surface area contributed by atoms with Crippen LogP contribution in [-0.2, 0) is 13.0 Å². The second kappa shape index (κ2) is 5.97. The van der Waals surface area contributed by atoms with E-state index in [4.69, 9.17) is 11.6 Å². The summed E-state index contributed by atoms with van der Waals surface area (Å²) in [7, 11) is 0. The lowest BCUT2D eigenvalue weighted by Crippen LogP contribution is -2.12. The molecule has 2 aromatic rings. The average Bonchev–Trinajstić information content (AvgIpc) is 2.77. The van der Waals surface area contributed by atoms with Crippen LogP contribution < -0.4 is 0 Å². The highest BCUT2D eigenvalue weighted by atomic mass is 35.5. The Bertz CT molecular complexity index is 592. The highest BCUT2D eigenvalue weighted by Crippen LogP contribution is 2.19. The Morgan fingerprint density at radius 1 is 1.42 bits per heavy atom. The summed E-state index contributed by atoms with van der Waals surface area (Å²) in [5, 5.41) is 4.60. The molecule has 2 rings (SSSR count). The number of halogens is 1. The number of aromatic nitrogens is 3. The van der Waals surface area contributed by atoms with Gasteiger partial charge in [-0.1, -0.05) is 24.6 Å². The number of Topliss-reactive ketones (excluding diaryl/α,β-unsaturated/α-hetero) is 1. The predicted molar refractivity (Wildman–Crippen MR) is 74.5 cm³/mol. The molecule has 0 aliphatic carbocycles. The first-order valence-electron chi connectivity index (χ1n) is 6.28. The fourth-order valence-corrected chi connectivity index (χ4v) is 2.25. The summed E-state index contributed by atoms with van der Waals surface area (Å²) in [5.41, 5.74) is 1.58. The van der Waals surface area contributed by atoms with Crippen LogP contribution in [0.15, 0.2) is 24.5 Å². The third kappa shape index (κ3) is 3.20. The molecular weight excluding hydrogens is 262 g/mol. The zero-order valence-electron chi connectivity index (χ0n) is 11.1. The maximum absolute atomic E-state index is 12.2. The first kappa shape index (κ1) is 13.7. The van der Waals surface area contributed by atoms with E-state index < -0.39 is 0 Å². The highest BCUT2D eigenvalue weighted by Gasteiger charge is 2.14. The van der Waals surface area contributed by atoms with Gasteiger partial charge in [-0.2, -0.15) is 5.10 Å². The Labute approximate surface area is 117 Å². The molecule has 0 aliphatic rings. The fraction of sp³-hybridized carbons (Fsp3) is 0.357. The van der Waals surface area contributed by atoms with Crippen molar-refractivity contribution in [3.8, 4) is 0 Å². The van der Waals surface area contributed by atoms with Crippen molar-refractivity contribution >= 4 is 17.4 Å². The van der Waals surface area contributed by atoms with Gasteiger partial charge < -0.3 is 0 Å². The third-order valence-corrected chi connectivity index (χ3v) is 3.19. The van der Waals surface area contributed by atoms with Gasteiger partial charge in [0.15, 0.2) is 5.78 Å². The normalized spacial score (nSPS) is 10.7. The summed E-state index contributed by atoms with van der Waals surface area (Å²) in [6.45, 7) is 4.77. The average molecular weight is 278 g/mol. The predicted octanol–water partition coefficient (Wildman–Crippen LogP) is 3.08. The number of rotatable bonds is 5. The molecule has 1 aromatic carbocycles. The van der Waals surface area contributed by atoms with Gasteiger partial charge in [0.25, 0.3) is 0 Å². The number of ketones is 1. The second-order valence-corrected chi connectivity index (χ2v) is 4.89. The van der Waals surface area contributed by atoms with E-state index in [-0.39, 0.29) is 12.2 Å². The van der Waals surface area contributed by atoms with Crippen LogP contribution in [0.3, 0.4) is 0 Å². The zero-order valence-corrected chi connectivity index (χ0v) is 11.8. The van der Waals surface area contributed by atoms with Crippen molar-refractivity contribution in [1.29, 1.82) is 0 Å². The molecule has 0 aliphatic heterocycles. The summed E-state index contributed by atoms with van der Waals surface area (Å²) in [6, 6.07) is 5.45. The lowest BCUT2D eigenvalue weighted by atomic mass is 10.1. The minimum absolute atomic E-state index is 0.0321. The maximum atomic E-state index is 12.2. The van der Waals surface area contributed by atoms with E-state index in [0.717, 1.165) is 18.5 Å². The molecule has 100 valence electrons. The van der Waals surface area contributed by atoms with Crippen molar-refractivity contribution in [2.24, 2.45) is 0 Å². The van der Waals surface area contributed by atoms with Crippen LogP contribution in [0, 0.1) is 6.92 Å². The Hall–Kier alpha value is -1.68. The van der Waals surface area contributed by atoms with E-state index >= 15 is 0 Å². The zero-order chi connectivity index (χ0) is 13.8. The molecule has 0 atom stereocenters. The van der Waals surface area contributed by atoms with Crippen LogP contribution in [0.5, 0.6) is 0 Å². The van der Waals surface area contributed by atoms with Gasteiger partial charge in [-0.25, -0.2) is 9.67 Å². The van der Waals surface area contributed by atoms with Gasteiger partial charge in [-0.05, 0) is 31.0 Å². The van der Waals surface area contributed by atoms with Gasteiger partial charge in [0, 0.05) is 12.1 Å². The summed E-state index contributed by atoms with van der Waals surface area (Å²) < 4.78 is 1.76. The van der Waals surface area contributed by atoms with Crippen LogP contribution in [-0.4, -0.2) is 20.5 Å². The summed E-state index contributed by atoms with van der Waals surface area (Å²) in [5.74, 6) is 0.652. The molecule has 4 nitrogen and oxygen atoms in total. The monoisotopic (exact) mass is 277 g/mol. The fourth-order valence-electron chi connectivity index (χ4n) is 1.91.